The fourth-order valence-electron chi connectivity index (χ4n) is 5.15. The maximum absolute atomic E-state index is 5.59. The summed E-state index contributed by atoms with van der Waals surface area (Å²) in [6.45, 7) is 9.61. The zero-order valence-electron chi connectivity index (χ0n) is 20.0. The highest BCUT2D eigenvalue weighted by Gasteiger charge is 2.25. The Hall–Kier alpha value is -2.81. The first-order chi connectivity index (χ1) is 16.5. The lowest BCUT2D eigenvalue weighted by Gasteiger charge is -2.36. The number of aromatic nitrogens is 2. The van der Waals surface area contributed by atoms with Crippen LogP contribution in [0.25, 0.3) is 0 Å². The minimum Gasteiger partial charge on any atom is -0.454 e. The molecule has 1 aromatic carbocycles. The second kappa shape index (κ2) is 10.2. The summed E-state index contributed by atoms with van der Waals surface area (Å²) < 4.78 is 10.9. The molecule has 182 valence electrons. The molecule has 2 N–H and O–H groups in total. The van der Waals surface area contributed by atoms with E-state index in [1.807, 2.05) is 18.2 Å². The molecule has 3 aliphatic rings. The van der Waals surface area contributed by atoms with Gasteiger partial charge in [-0.3, -0.25) is 0 Å². The molecular formula is C25H34N6O2S. The van der Waals surface area contributed by atoms with Crippen molar-refractivity contribution in [1.29, 1.82) is 0 Å². The molecular weight excluding hydrogens is 448 g/mol. The Morgan fingerprint density at radius 3 is 2.44 bits per heavy atom. The van der Waals surface area contributed by atoms with Gasteiger partial charge in [0, 0.05) is 38.8 Å². The maximum atomic E-state index is 5.59. The van der Waals surface area contributed by atoms with Crippen LogP contribution in [0.15, 0.2) is 24.3 Å². The summed E-state index contributed by atoms with van der Waals surface area (Å²) in [4.78, 5) is 14.5. The number of anilines is 3. The second-order valence-electron chi connectivity index (χ2n) is 9.80. The minimum atomic E-state index is 0.272. The molecule has 2 saturated heterocycles. The third-order valence-corrected chi connectivity index (χ3v) is 6.93. The first kappa shape index (κ1) is 23.0. The quantitative estimate of drug-likeness (QED) is 0.611. The van der Waals surface area contributed by atoms with Gasteiger partial charge >= 0.3 is 0 Å². The molecule has 0 amide bonds. The average Bonchev–Trinajstić information content (AvgIpc) is 3.30. The standard InChI is InChI=1S/C25H34N6O2S/c1-17-10-18(2)15-31(14-17)23-12-22(30-8-4-3-5-9-30)27-24(28-23)29-25(34)26-13-19-6-7-20-21(11-19)33-16-32-20/h6-7,11-12,17-18H,3-5,8-10,13-16H2,1-2H3,(H2,26,27,28,29,34). The first-order valence-electron chi connectivity index (χ1n) is 12.4. The van der Waals surface area contributed by atoms with Crippen molar-refractivity contribution in [3.05, 3.63) is 29.8 Å². The normalized spacial score (nSPS) is 21.9. The number of thiocarbonyl (C=S) groups is 1. The zero-order chi connectivity index (χ0) is 23.5. The van der Waals surface area contributed by atoms with Gasteiger partial charge in [0.15, 0.2) is 16.6 Å². The molecule has 2 fully saturated rings. The molecule has 9 heteroatoms. The first-order valence-corrected chi connectivity index (χ1v) is 12.8. The summed E-state index contributed by atoms with van der Waals surface area (Å²) in [5.74, 6) is 5.36. The molecule has 0 spiro atoms. The van der Waals surface area contributed by atoms with E-state index in [2.05, 4.69) is 40.3 Å². The van der Waals surface area contributed by atoms with Gasteiger partial charge in [-0.1, -0.05) is 19.9 Å². The van der Waals surface area contributed by atoms with Crippen molar-refractivity contribution in [3.8, 4) is 11.5 Å². The van der Waals surface area contributed by atoms with Crippen molar-refractivity contribution in [2.24, 2.45) is 11.8 Å². The molecule has 1 aromatic heterocycles. The van der Waals surface area contributed by atoms with Crippen LogP contribution in [0.4, 0.5) is 17.6 Å². The van der Waals surface area contributed by atoms with Crippen LogP contribution in [0.5, 0.6) is 11.5 Å². The van der Waals surface area contributed by atoms with E-state index < -0.39 is 0 Å². The van der Waals surface area contributed by atoms with Crippen LogP contribution in [0.1, 0.15) is 45.1 Å². The number of nitrogens with zero attached hydrogens (tertiary/aromatic N) is 4. The number of piperidine rings is 2. The van der Waals surface area contributed by atoms with Crippen LogP contribution in [0.2, 0.25) is 0 Å². The van der Waals surface area contributed by atoms with Gasteiger partial charge in [0.1, 0.15) is 11.6 Å². The Kier molecular flexibility index (Phi) is 6.89. The molecule has 0 saturated carbocycles. The van der Waals surface area contributed by atoms with Crippen molar-refractivity contribution >= 4 is 34.9 Å². The van der Waals surface area contributed by atoms with Crippen LogP contribution in [-0.2, 0) is 6.54 Å². The highest BCUT2D eigenvalue weighted by Crippen LogP contribution is 2.32. The summed E-state index contributed by atoms with van der Waals surface area (Å²) in [6, 6.07) is 8.06. The molecule has 0 radical (unpaired) electrons. The van der Waals surface area contributed by atoms with Crippen molar-refractivity contribution in [1.82, 2.24) is 15.3 Å². The van der Waals surface area contributed by atoms with Gasteiger partial charge in [-0.15, -0.1) is 0 Å². The van der Waals surface area contributed by atoms with E-state index in [4.69, 9.17) is 31.7 Å². The summed E-state index contributed by atoms with van der Waals surface area (Å²) in [5, 5.41) is 7.00. The fraction of sp³-hybridized carbons (Fsp3) is 0.560. The van der Waals surface area contributed by atoms with Crippen LogP contribution in [0, 0.1) is 11.8 Å². The highest BCUT2D eigenvalue weighted by molar-refractivity contribution is 7.80. The zero-order valence-corrected chi connectivity index (χ0v) is 20.9. The Labute approximate surface area is 207 Å². The number of nitrogens with one attached hydrogen (secondary N) is 2. The van der Waals surface area contributed by atoms with E-state index in [-0.39, 0.29) is 6.79 Å². The summed E-state index contributed by atoms with van der Waals surface area (Å²) in [6.07, 6.45) is 4.96. The largest absolute Gasteiger partial charge is 0.454 e. The van der Waals surface area contributed by atoms with Crippen molar-refractivity contribution in [3.63, 3.8) is 0 Å². The van der Waals surface area contributed by atoms with Gasteiger partial charge in [0.2, 0.25) is 12.7 Å². The Morgan fingerprint density at radius 2 is 1.68 bits per heavy atom. The number of fused-ring (bicyclic) bond motifs is 1. The third-order valence-electron chi connectivity index (χ3n) is 6.69. The van der Waals surface area contributed by atoms with Gasteiger partial charge in [0.25, 0.3) is 0 Å². The predicted molar refractivity (Wildman–Crippen MR) is 139 cm³/mol. The third kappa shape index (κ3) is 5.46. The van der Waals surface area contributed by atoms with E-state index in [1.165, 1.54) is 25.7 Å². The molecule has 2 atom stereocenters. The van der Waals surface area contributed by atoms with Crippen molar-refractivity contribution in [2.45, 2.75) is 46.1 Å². The van der Waals surface area contributed by atoms with Crippen LogP contribution in [0.3, 0.4) is 0 Å². The van der Waals surface area contributed by atoms with E-state index >= 15 is 0 Å². The molecule has 2 unspecified atom stereocenters. The topological polar surface area (TPSA) is 74.8 Å². The number of rotatable bonds is 5. The minimum absolute atomic E-state index is 0.272. The molecule has 8 nitrogen and oxygen atoms in total. The van der Waals surface area contributed by atoms with E-state index in [0.717, 1.165) is 54.9 Å². The number of hydrogen-bond donors (Lipinski definition) is 2. The number of hydrogen-bond acceptors (Lipinski definition) is 7. The second-order valence-corrected chi connectivity index (χ2v) is 10.2. The smallest absolute Gasteiger partial charge is 0.232 e. The lowest BCUT2D eigenvalue weighted by atomic mass is 9.92. The fourth-order valence-corrected chi connectivity index (χ4v) is 5.32. The Bertz CT molecular complexity index is 1020. The van der Waals surface area contributed by atoms with Crippen LogP contribution < -0.4 is 29.9 Å². The highest BCUT2D eigenvalue weighted by atomic mass is 32.1. The Balaban J connectivity index is 1.30. The van der Waals surface area contributed by atoms with Gasteiger partial charge in [-0.05, 0) is 67.4 Å². The van der Waals surface area contributed by atoms with E-state index in [9.17, 15) is 0 Å². The molecule has 0 aliphatic carbocycles. The average molecular weight is 483 g/mol. The predicted octanol–water partition coefficient (Wildman–Crippen LogP) is 4.16. The van der Waals surface area contributed by atoms with Gasteiger partial charge in [-0.2, -0.15) is 9.97 Å². The van der Waals surface area contributed by atoms with E-state index in [1.54, 1.807) is 0 Å². The Morgan fingerprint density at radius 1 is 0.971 bits per heavy atom. The lowest BCUT2D eigenvalue weighted by molar-refractivity contribution is 0.174. The van der Waals surface area contributed by atoms with Crippen LogP contribution in [-0.4, -0.2) is 48.1 Å². The molecule has 5 rings (SSSR count). The summed E-state index contributed by atoms with van der Waals surface area (Å²) in [7, 11) is 0. The molecule has 2 aromatic rings. The summed E-state index contributed by atoms with van der Waals surface area (Å²) >= 11 is 5.59. The lowest BCUT2D eigenvalue weighted by Crippen LogP contribution is -2.40. The van der Waals surface area contributed by atoms with E-state index in [0.29, 0.717) is 29.4 Å². The van der Waals surface area contributed by atoms with Crippen LogP contribution >= 0.6 is 12.2 Å². The molecule has 4 heterocycles. The van der Waals surface area contributed by atoms with Gasteiger partial charge < -0.3 is 29.9 Å². The van der Waals surface area contributed by atoms with Crippen molar-refractivity contribution < 1.29 is 9.47 Å². The number of ether oxygens (including phenoxy) is 2. The maximum Gasteiger partial charge on any atom is 0.232 e. The van der Waals surface area contributed by atoms with Crippen molar-refractivity contribution in [2.75, 3.05) is 48.1 Å². The monoisotopic (exact) mass is 482 g/mol. The number of benzene rings is 1. The molecule has 0 bridgehead atoms. The molecule has 3 aliphatic heterocycles. The van der Waals surface area contributed by atoms with Gasteiger partial charge in [-0.25, -0.2) is 0 Å². The van der Waals surface area contributed by atoms with Gasteiger partial charge in [0.05, 0.1) is 0 Å². The molecule has 34 heavy (non-hydrogen) atoms. The summed E-state index contributed by atoms with van der Waals surface area (Å²) in [5.41, 5.74) is 1.06. The SMILES string of the molecule is CC1CC(C)CN(c2cc(N3CCCCC3)nc(NC(=S)NCc3ccc4c(c3)OCO4)n2)C1.